The molecule has 1 N–H and O–H groups in total. The molecular formula is C22H26N2O7. The van der Waals surface area contributed by atoms with Gasteiger partial charge in [-0.05, 0) is 30.9 Å². The van der Waals surface area contributed by atoms with Crippen LogP contribution in [-0.2, 0) is 9.53 Å². The van der Waals surface area contributed by atoms with Gasteiger partial charge in [-0.1, -0.05) is 6.92 Å². The molecule has 2 amide bonds. The van der Waals surface area contributed by atoms with Crippen molar-refractivity contribution in [1.82, 2.24) is 4.90 Å². The molecule has 2 heterocycles. The first-order valence-electron chi connectivity index (χ1n) is 9.98. The highest BCUT2D eigenvalue weighted by atomic mass is 16.5. The van der Waals surface area contributed by atoms with Crippen molar-refractivity contribution in [2.24, 2.45) is 5.92 Å². The zero-order valence-electron chi connectivity index (χ0n) is 17.8. The molecule has 0 bridgehead atoms. The van der Waals surface area contributed by atoms with Crippen LogP contribution in [-0.4, -0.2) is 56.6 Å². The summed E-state index contributed by atoms with van der Waals surface area (Å²) in [5.41, 5.74) is 0.168. The number of furan rings is 1. The molecule has 9 heteroatoms. The van der Waals surface area contributed by atoms with Crippen molar-refractivity contribution in [1.29, 1.82) is 0 Å². The number of benzene rings is 1. The maximum atomic E-state index is 12.8. The van der Waals surface area contributed by atoms with Gasteiger partial charge in [0.05, 0.1) is 31.7 Å². The van der Waals surface area contributed by atoms with E-state index in [0.29, 0.717) is 24.8 Å². The fourth-order valence-electron chi connectivity index (χ4n) is 3.30. The average Bonchev–Trinajstić information content (AvgIpc) is 3.32. The van der Waals surface area contributed by atoms with Gasteiger partial charge in [0.2, 0.25) is 0 Å². The van der Waals surface area contributed by atoms with Crippen LogP contribution in [0, 0.1) is 5.92 Å². The Balaban J connectivity index is 1.76. The number of piperidine rings is 1. The molecule has 1 aromatic heterocycles. The van der Waals surface area contributed by atoms with E-state index in [0.717, 1.165) is 12.8 Å². The fourth-order valence-corrected chi connectivity index (χ4v) is 3.30. The van der Waals surface area contributed by atoms with Gasteiger partial charge < -0.3 is 28.8 Å². The van der Waals surface area contributed by atoms with E-state index < -0.39 is 11.9 Å². The number of rotatable bonds is 7. The van der Waals surface area contributed by atoms with Crippen molar-refractivity contribution < 1.29 is 33.0 Å². The maximum Gasteiger partial charge on any atom is 0.340 e. The Morgan fingerprint density at radius 1 is 1.13 bits per heavy atom. The summed E-state index contributed by atoms with van der Waals surface area (Å²) >= 11 is 0. The number of nitrogens with one attached hydrogen (secondary N) is 1. The van der Waals surface area contributed by atoms with E-state index in [1.807, 2.05) is 0 Å². The zero-order valence-corrected chi connectivity index (χ0v) is 17.8. The third kappa shape index (κ3) is 5.36. The van der Waals surface area contributed by atoms with Gasteiger partial charge in [0.1, 0.15) is 0 Å². The molecule has 9 nitrogen and oxygen atoms in total. The van der Waals surface area contributed by atoms with Crippen molar-refractivity contribution >= 4 is 23.5 Å². The van der Waals surface area contributed by atoms with Crippen molar-refractivity contribution in [3.05, 3.63) is 41.9 Å². The molecule has 166 valence electrons. The Hall–Kier alpha value is -3.49. The SMILES string of the molecule is COc1cc(NC(=O)c2ccco2)c(C(=O)OCC(=O)N2CCC(C)CC2)cc1OC. The molecule has 0 saturated carbocycles. The predicted molar refractivity (Wildman–Crippen MR) is 111 cm³/mol. The second kappa shape index (κ2) is 10.0. The second-order valence-corrected chi connectivity index (χ2v) is 7.32. The van der Waals surface area contributed by atoms with Gasteiger partial charge in [-0.2, -0.15) is 0 Å². The van der Waals surface area contributed by atoms with Crippen LogP contribution in [0.15, 0.2) is 34.9 Å². The maximum absolute atomic E-state index is 12.8. The van der Waals surface area contributed by atoms with E-state index in [4.69, 9.17) is 18.6 Å². The quantitative estimate of drug-likeness (QED) is 0.673. The average molecular weight is 430 g/mol. The first kappa shape index (κ1) is 22.2. The third-order valence-electron chi connectivity index (χ3n) is 5.20. The number of hydrogen-bond acceptors (Lipinski definition) is 7. The summed E-state index contributed by atoms with van der Waals surface area (Å²) in [5, 5.41) is 2.61. The van der Waals surface area contributed by atoms with Crippen LogP contribution >= 0.6 is 0 Å². The van der Waals surface area contributed by atoms with Gasteiger partial charge in [0.15, 0.2) is 23.9 Å². The van der Waals surface area contributed by atoms with Crippen molar-refractivity contribution in [3.8, 4) is 11.5 Å². The van der Waals surface area contributed by atoms with Crippen molar-refractivity contribution in [3.63, 3.8) is 0 Å². The summed E-state index contributed by atoms with van der Waals surface area (Å²) < 4.78 is 20.9. The highest BCUT2D eigenvalue weighted by molar-refractivity contribution is 6.07. The molecule has 3 rings (SSSR count). The lowest BCUT2D eigenvalue weighted by Crippen LogP contribution is -2.40. The van der Waals surface area contributed by atoms with Gasteiger partial charge in [-0.15, -0.1) is 0 Å². The third-order valence-corrected chi connectivity index (χ3v) is 5.20. The number of esters is 1. The van der Waals surface area contributed by atoms with Crippen molar-refractivity contribution in [2.45, 2.75) is 19.8 Å². The molecule has 0 atom stereocenters. The smallest absolute Gasteiger partial charge is 0.340 e. The number of anilines is 1. The molecule has 0 spiro atoms. The molecule has 1 aromatic carbocycles. The van der Waals surface area contributed by atoms with Gasteiger partial charge in [-0.3, -0.25) is 9.59 Å². The summed E-state index contributed by atoms with van der Waals surface area (Å²) in [6.45, 7) is 3.07. The first-order valence-corrected chi connectivity index (χ1v) is 9.98. The zero-order chi connectivity index (χ0) is 22.4. The number of nitrogens with zero attached hydrogens (tertiary/aromatic N) is 1. The molecule has 31 heavy (non-hydrogen) atoms. The highest BCUT2D eigenvalue weighted by Gasteiger charge is 2.24. The van der Waals surface area contributed by atoms with Crippen LogP contribution in [0.4, 0.5) is 5.69 Å². The summed E-state index contributed by atoms with van der Waals surface area (Å²) in [4.78, 5) is 39.3. The Bertz CT molecular complexity index is 932. The van der Waals surface area contributed by atoms with Gasteiger partial charge in [0, 0.05) is 25.2 Å². The predicted octanol–water partition coefficient (Wildman–Crippen LogP) is 2.96. The van der Waals surface area contributed by atoms with E-state index in [1.54, 1.807) is 11.0 Å². The Morgan fingerprint density at radius 3 is 2.42 bits per heavy atom. The molecular weight excluding hydrogens is 404 g/mol. The monoisotopic (exact) mass is 430 g/mol. The van der Waals surface area contributed by atoms with E-state index in [9.17, 15) is 14.4 Å². The van der Waals surface area contributed by atoms with Crippen LogP contribution in [0.1, 0.15) is 40.7 Å². The molecule has 1 fully saturated rings. The second-order valence-electron chi connectivity index (χ2n) is 7.32. The lowest BCUT2D eigenvalue weighted by Gasteiger charge is -2.30. The number of amides is 2. The first-order chi connectivity index (χ1) is 14.9. The van der Waals surface area contributed by atoms with Gasteiger partial charge in [0.25, 0.3) is 11.8 Å². The largest absolute Gasteiger partial charge is 0.493 e. The lowest BCUT2D eigenvalue weighted by atomic mass is 9.99. The van der Waals surface area contributed by atoms with Crippen LogP contribution in [0.3, 0.4) is 0 Å². The minimum Gasteiger partial charge on any atom is -0.493 e. The standard InChI is InChI=1S/C22H26N2O7/c1-14-6-8-24(9-7-14)20(25)13-31-22(27)15-11-18(28-2)19(29-3)12-16(15)23-21(26)17-5-4-10-30-17/h4-5,10-12,14H,6-9,13H2,1-3H3,(H,23,26). The molecule has 0 aliphatic carbocycles. The van der Waals surface area contributed by atoms with Crippen molar-refractivity contribution in [2.75, 3.05) is 39.2 Å². The minimum atomic E-state index is -0.769. The Labute approximate surface area is 180 Å². The van der Waals surface area contributed by atoms with E-state index in [-0.39, 0.29) is 35.3 Å². The molecule has 0 unspecified atom stereocenters. The summed E-state index contributed by atoms with van der Waals surface area (Å²) in [6, 6.07) is 5.91. The normalized spacial score (nSPS) is 14.1. The van der Waals surface area contributed by atoms with E-state index >= 15 is 0 Å². The number of methoxy groups -OCH3 is 2. The highest BCUT2D eigenvalue weighted by Crippen LogP contribution is 2.34. The number of carbonyl (C=O) groups excluding carboxylic acids is 3. The molecule has 2 aromatic rings. The minimum absolute atomic E-state index is 0.0256. The van der Waals surface area contributed by atoms with Crippen LogP contribution in [0.25, 0.3) is 0 Å². The number of carbonyl (C=O) groups is 3. The molecule has 1 saturated heterocycles. The topological polar surface area (TPSA) is 107 Å². The molecule has 1 aliphatic heterocycles. The Kier molecular flexibility index (Phi) is 7.17. The van der Waals surface area contributed by atoms with Crippen LogP contribution in [0.5, 0.6) is 11.5 Å². The van der Waals surface area contributed by atoms with Gasteiger partial charge in [-0.25, -0.2) is 4.79 Å². The number of hydrogen-bond donors (Lipinski definition) is 1. The summed E-state index contributed by atoms with van der Waals surface area (Å²) in [7, 11) is 2.86. The summed E-state index contributed by atoms with van der Waals surface area (Å²) in [5.74, 6) is -0.322. The Morgan fingerprint density at radius 2 is 1.81 bits per heavy atom. The summed E-state index contributed by atoms with van der Waals surface area (Å²) in [6.07, 6.45) is 3.22. The molecule has 1 aliphatic rings. The van der Waals surface area contributed by atoms with E-state index in [1.165, 1.54) is 38.7 Å². The lowest BCUT2D eigenvalue weighted by molar-refractivity contribution is -0.135. The van der Waals surface area contributed by atoms with Crippen LogP contribution in [0.2, 0.25) is 0 Å². The van der Waals surface area contributed by atoms with Crippen LogP contribution < -0.4 is 14.8 Å². The van der Waals surface area contributed by atoms with Gasteiger partial charge >= 0.3 is 5.97 Å². The van der Waals surface area contributed by atoms with E-state index in [2.05, 4.69) is 12.2 Å². The number of likely N-dealkylation sites (tertiary alicyclic amines) is 1. The fraction of sp³-hybridized carbons (Fsp3) is 0.409. The number of ether oxygens (including phenoxy) is 3. The molecule has 0 radical (unpaired) electrons.